The van der Waals surface area contributed by atoms with E-state index in [2.05, 4.69) is 9.46 Å². The van der Waals surface area contributed by atoms with Crippen LogP contribution in [0.3, 0.4) is 0 Å². The summed E-state index contributed by atoms with van der Waals surface area (Å²) in [6.07, 6.45) is 0.305. The van der Waals surface area contributed by atoms with Crippen molar-refractivity contribution in [2.75, 3.05) is 26.4 Å². The molecule has 9 heteroatoms. The van der Waals surface area contributed by atoms with Crippen molar-refractivity contribution >= 4 is 16.0 Å². The highest BCUT2D eigenvalue weighted by Gasteiger charge is 2.19. The number of nitrogens with zero attached hydrogens (tertiary/aromatic N) is 1. The van der Waals surface area contributed by atoms with E-state index in [-0.39, 0.29) is 30.9 Å². The van der Waals surface area contributed by atoms with Gasteiger partial charge in [-0.05, 0) is 18.6 Å². The van der Waals surface area contributed by atoms with E-state index in [1.165, 1.54) is 12.1 Å². The zero-order chi connectivity index (χ0) is 16.7. The van der Waals surface area contributed by atoms with Gasteiger partial charge in [-0.15, -0.1) is 0 Å². The third kappa shape index (κ3) is 4.84. The maximum Gasteiger partial charge on any atom is 0.306 e. The molecule has 0 amide bonds. The number of nitriles is 1. The number of ether oxygens (including phenoxy) is 3. The van der Waals surface area contributed by atoms with Crippen LogP contribution in [-0.4, -0.2) is 40.8 Å². The van der Waals surface area contributed by atoms with Crippen molar-refractivity contribution in [3.63, 3.8) is 0 Å². The minimum Gasteiger partial charge on any atom is -0.486 e. The van der Waals surface area contributed by atoms with Gasteiger partial charge >= 0.3 is 5.97 Å². The van der Waals surface area contributed by atoms with Crippen LogP contribution in [0.2, 0.25) is 0 Å². The summed E-state index contributed by atoms with van der Waals surface area (Å²) in [5.74, 6) is 0.361. The quantitative estimate of drug-likeness (QED) is 0.570. The summed E-state index contributed by atoms with van der Waals surface area (Å²) in [5, 5.41) is 8.27. The van der Waals surface area contributed by atoms with Gasteiger partial charge in [0.05, 0.1) is 4.90 Å². The van der Waals surface area contributed by atoms with E-state index in [1.807, 2.05) is 0 Å². The first-order valence-corrected chi connectivity index (χ1v) is 8.43. The smallest absolute Gasteiger partial charge is 0.306 e. The Morgan fingerprint density at radius 3 is 2.78 bits per heavy atom. The normalized spacial score (nSPS) is 13.2. The predicted molar refractivity (Wildman–Crippen MR) is 78.4 cm³/mol. The first kappa shape index (κ1) is 17.1. The third-order valence-corrected chi connectivity index (χ3v) is 4.43. The number of hydrogen-bond donors (Lipinski definition) is 1. The standard InChI is InChI=1S/C14H16N2O6S/c15-5-7-22-14(17)2-1-6-16-23(18,19)11-3-4-12-13(10-11)21-9-8-20-12/h3-4,10,16H,1-2,6-9H2. The van der Waals surface area contributed by atoms with E-state index in [4.69, 9.17) is 14.7 Å². The highest BCUT2D eigenvalue weighted by Crippen LogP contribution is 2.32. The molecule has 1 aromatic carbocycles. The highest BCUT2D eigenvalue weighted by molar-refractivity contribution is 7.89. The molecule has 23 heavy (non-hydrogen) atoms. The Morgan fingerprint density at radius 2 is 2.04 bits per heavy atom. The Balaban J connectivity index is 1.87. The van der Waals surface area contributed by atoms with E-state index in [0.717, 1.165) is 0 Å². The molecule has 0 spiro atoms. The second kappa shape index (κ2) is 7.80. The van der Waals surface area contributed by atoms with Crippen LogP contribution in [-0.2, 0) is 19.6 Å². The molecule has 2 rings (SSSR count). The SMILES string of the molecule is N#CCOC(=O)CCCNS(=O)(=O)c1ccc2c(c1)OCCO2. The second-order valence-electron chi connectivity index (χ2n) is 4.63. The molecule has 1 aliphatic rings. The fourth-order valence-corrected chi connectivity index (χ4v) is 2.99. The van der Waals surface area contributed by atoms with Gasteiger partial charge in [0, 0.05) is 19.0 Å². The van der Waals surface area contributed by atoms with Crippen LogP contribution < -0.4 is 14.2 Å². The molecule has 124 valence electrons. The van der Waals surface area contributed by atoms with Gasteiger partial charge in [-0.3, -0.25) is 4.79 Å². The van der Waals surface area contributed by atoms with Crippen LogP contribution in [0.25, 0.3) is 0 Å². The van der Waals surface area contributed by atoms with Crippen LogP contribution in [0.4, 0.5) is 0 Å². The van der Waals surface area contributed by atoms with Crippen LogP contribution in [0.1, 0.15) is 12.8 Å². The number of carbonyl (C=O) groups excluding carboxylic acids is 1. The Labute approximate surface area is 134 Å². The fourth-order valence-electron chi connectivity index (χ4n) is 1.90. The van der Waals surface area contributed by atoms with Gasteiger partial charge in [-0.1, -0.05) is 0 Å². The van der Waals surface area contributed by atoms with Crippen molar-refractivity contribution in [2.24, 2.45) is 0 Å². The summed E-state index contributed by atoms with van der Waals surface area (Å²) < 4.78 is 42.0. The molecule has 0 saturated carbocycles. The van der Waals surface area contributed by atoms with E-state index in [9.17, 15) is 13.2 Å². The van der Waals surface area contributed by atoms with Crippen LogP contribution in [0.15, 0.2) is 23.1 Å². The predicted octanol–water partition coefficient (Wildman–Crippen LogP) is 0.583. The second-order valence-corrected chi connectivity index (χ2v) is 6.39. The fraction of sp³-hybridized carbons (Fsp3) is 0.429. The minimum absolute atomic E-state index is 0.0331. The monoisotopic (exact) mass is 340 g/mol. The van der Waals surface area contributed by atoms with Crippen molar-refractivity contribution in [1.29, 1.82) is 5.26 Å². The van der Waals surface area contributed by atoms with Crippen molar-refractivity contribution < 1.29 is 27.4 Å². The average molecular weight is 340 g/mol. The molecule has 0 bridgehead atoms. The molecule has 1 aromatic rings. The number of carbonyl (C=O) groups is 1. The van der Waals surface area contributed by atoms with Crippen molar-refractivity contribution in [2.45, 2.75) is 17.7 Å². The number of sulfonamides is 1. The lowest BCUT2D eigenvalue weighted by atomic mass is 10.3. The largest absolute Gasteiger partial charge is 0.486 e. The van der Waals surface area contributed by atoms with Crippen LogP contribution in [0, 0.1) is 11.3 Å². The van der Waals surface area contributed by atoms with Crippen LogP contribution >= 0.6 is 0 Å². The lowest BCUT2D eigenvalue weighted by molar-refractivity contribution is -0.142. The molecule has 0 atom stereocenters. The molecule has 1 N–H and O–H groups in total. The number of esters is 1. The molecule has 0 radical (unpaired) electrons. The molecule has 8 nitrogen and oxygen atoms in total. The number of hydrogen-bond acceptors (Lipinski definition) is 7. The maximum absolute atomic E-state index is 12.2. The first-order chi connectivity index (χ1) is 11.0. The Hall–Kier alpha value is -2.31. The van der Waals surface area contributed by atoms with Gasteiger partial charge in [-0.2, -0.15) is 5.26 Å². The van der Waals surface area contributed by atoms with E-state index < -0.39 is 16.0 Å². The van der Waals surface area contributed by atoms with Gasteiger partial charge in [0.1, 0.15) is 19.3 Å². The molecular weight excluding hydrogens is 324 g/mol. The van der Waals surface area contributed by atoms with Crippen molar-refractivity contribution in [1.82, 2.24) is 4.72 Å². The lowest BCUT2D eigenvalue weighted by Crippen LogP contribution is -2.25. The number of rotatable bonds is 7. The lowest BCUT2D eigenvalue weighted by Gasteiger charge is -2.18. The summed E-state index contributed by atoms with van der Waals surface area (Å²) in [6, 6.07) is 6.06. The summed E-state index contributed by atoms with van der Waals surface area (Å²) in [5.41, 5.74) is 0. The van der Waals surface area contributed by atoms with Gasteiger partial charge in [0.2, 0.25) is 10.0 Å². The minimum atomic E-state index is -3.70. The zero-order valence-corrected chi connectivity index (χ0v) is 13.1. The average Bonchev–Trinajstić information content (AvgIpc) is 2.56. The zero-order valence-electron chi connectivity index (χ0n) is 12.3. The molecule has 0 fully saturated rings. The van der Waals surface area contributed by atoms with Gasteiger partial charge in [0.15, 0.2) is 18.1 Å². The summed E-state index contributed by atoms with van der Waals surface area (Å²) in [4.78, 5) is 11.2. The topological polar surface area (TPSA) is 115 Å². The first-order valence-electron chi connectivity index (χ1n) is 6.95. The Kier molecular flexibility index (Phi) is 5.78. The molecule has 0 aromatic heterocycles. The molecule has 1 aliphatic heterocycles. The molecular formula is C14H16N2O6S. The number of nitrogens with one attached hydrogen (secondary N) is 1. The highest BCUT2D eigenvalue weighted by atomic mass is 32.2. The summed E-state index contributed by atoms with van der Waals surface area (Å²) in [7, 11) is -3.70. The van der Waals surface area contributed by atoms with E-state index in [1.54, 1.807) is 12.1 Å². The van der Waals surface area contributed by atoms with Gasteiger partial charge in [-0.25, -0.2) is 13.1 Å². The molecule has 0 unspecified atom stereocenters. The van der Waals surface area contributed by atoms with Gasteiger partial charge in [0.25, 0.3) is 0 Å². The number of fused-ring (bicyclic) bond motifs is 1. The third-order valence-electron chi connectivity index (χ3n) is 2.97. The number of benzene rings is 1. The summed E-state index contributed by atoms with van der Waals surface area (Å²) >= 11 is 0. The van der Waals surface area contributed by atoms with Crippen molar-refractivity contribution in [3.05, 3.63) is 18.2 Å². The van der Waals surface area contributed by atoms with Crippen molar-refractivity contribution in [3.8, 4) is 17.6 Å². The molecule has 0 saturated heterocycles. The van der Waals surface area contributed by atoms with Crippen LogP contribution in [0.5, 0.6) is 11.5 Å². The van der Waals surface area contributed by atoms with Gasteiger partial charge < -0.3 is 14.2 Å². The molecule has 0 aliphatic carbocycles. The summed E-state index contributed by atoms with van der Waals surface area (Å²) in [6.45, 7) is 0.578. The Bertz CT molecular complexity index is 710. The maximum atomic E-state index is 12.2. The molecule has 1 heterocycles. The van der Waals surface area contributed by atoms with E-state index in [0.29, 0.717) is 24.7 Å². The Morgan fingerprint density at radius 1 is 1.30 bits per heavy atom. The van der Waals surface area contributed by atoms with E-state index >= 15 is 0 Å².